The fourth-order valence-corrected chi connectivity index (χ4v) is 4.27. The molecule has 2 aromatic carbocycles. The predicted octanol–water partition coefficient (Wildman–Crippen LogP) is 5.17. The van der Waals surface area contributed by atoms with Crippen molar-refractivity contribution in [3.8, 4) is 11.3 Å². The van der Waals surface area contributed by atoms with Crippen LogP contribution in [0.2, 0.25) is 5.02 Å². The Labute approximate surface area is 185 Å². The third-order valence-electron chi connectivity index (χ3n) is 5.49. The molecule has 1 amide bonds. The van der Waals surface area contributed by atoms with Crippen LogP contribution < -0.4 is 4.90 Å². The van der Waals surface area contributed by atoms with Gasteiger partial charge in [-0.1, -0.05) is 41.9 Å². The normalized spacial score (nSPS) is 16.4. The highest BCUT2D eigenvalue weighted by molar-refractivity contribution is 6.33. The fraction of sp³-hybridized carbons (Fsp3) is 0.261. The molecule has 1 saturated heterocycles. The zero-order chi connectivity index (χ0) is 22.1. The number of nitro benzene ring substituents is 1. The molecule has 0 spiro atoms. The predicted molar refractivity (Wildman–Crippen MR) is 120 cm³/mol. The van der Waals surface area contributed by atoms with E-state index < -0.39 is 4.92 Å². The quantitative estimate of drug-likeness (QED) is 0.414. The molecule has 0 bridgehead atoms. The van der Waals surface area contributed by atoms with Crippen LogP contribution in [0.5, 0.6) is 0 Å². The second-order valence-electron chi connectivity index (χ2n) is 7.65. The van der Waals surface area contributed by atoms with Gasteiger partial charge in [0.05, 0.1) is 21.2 Å². The van der Waals surface area contributed by atoms with Crippen LogP contribution in [-0.4, -0.2) is 41.4 Å². The number of nitrogens with zero attached hydrogens (tertiary/aromatic N) is 3. The number of carbonyl (C=O) groups excluding carboxylic acids is 1. The lowest BCUT2D eigenvalue weighted by Gasteiger charge is -2.41. The molecule has 31 heavy (non-hydrogen) atoms. The average molecular weight is 440 g/mol. The van der Waals surface area contributed by atoms with Gasteiger partial charge in [0.1, 0.15) is 11.5 Å². The van der Waals surface area contributed by atoms with E-state index >= 15 is 0 Å². The molecule has 3 aromatic rings. The standard InChI is InChI=1S/C23H22ClN3O4/c1-15-14-25(21-9-8-18(27(29)30)13-20(21)24)10-11-26(15)23(28)19-12-16(2)31-22(19)17-6-4-3-5-7-17/h3-9,12-13,15H,10-11,14H2,1-2H3. The Morgan fingerprint density at radius 1 is 1.16 bits per heavy atom. The first-order valence-electron chi connectivity index (χ1n) is 10.0. The van der Waals surface area contributed by atoms with Crippen LogP contribution in [0.25, 0.3) is 11.3 Å². The van der Waals surface area contributed by atoms with Gasteiger partial charge in [-0.3, -0.25) is 14.9 Å². The lowest BCUT2D eigenvalue weighted by molar-refractivity contribution is -0.384. The summed E-state index contributed by atoms with van der Waals surface area (Å²) >= 11 is 6.30. The summed E-state index contributed by atoms with van der Waals surface area (Å²) < 4.78 is 5.85. The highest BCUT2D eigenvalue weighted by atomic mass is 35.5. The molecule has 0 aliphatic carbocycles. The van der Waals surface area contributed by atoms with Gasteiger partial charge >= 0.3 is 0 Å². The van der Waals surface area contributed by atoms with Crippen LogP contribution in [0.15, 0.2) is 59.0 Å². The van der Waals surface area contributed by atoms with Crippen molar-refractivity contribution in [2.45, 2.75) is 19.9 Å². The van der Waals surface area contributed by atoms with Crippen molar-refractivity contribution in [1.82, 2.24) is 4.90 Å². The first-order chi connectivity index (χ1) is 14.8. The SMILES string of the molecule is Cc1cc(C(=O)N2CCN(c3ccc([N+](=O)[O-])cc3Cl)CC2C)c(-c2ccccc2)o1. The maximum Gasteiger partial charge on any atom is 0.271 e. The number of halogens is 1. The van der Waals surface area contributed by atoms with E-state index in [0.717, 1.165) is 11.3 Å². The topological polar surface area (TPSA) is 79.8 Å². The Kier molecular flexibility index (Phi) is 5.69. The number of hydrogen-bond acceptors (Lipinski definition) is 5. The molecule has 0 radical (unpaired) electrons. The number of anilines is 1. The molecule has 160 valence electrons. The van der Waals surface area contributed by atoms with Crippen molar-refractivity contribution in [2.24, 2.45) is 0 Å². The Morgan fingerprint density at radius 2 is 1.90 bits per heavy atom. The van der Waals surface area contributed by atoms with Gasteiger partial charge in [-0.15, -0.1) is 0 Å². The smallest absolute Gasteiger partial charge is 0.271 e. The van der Waals surface area contributed by atoms with Gasteiger partial charge in [-0.2, -0.15) is 0 Å². The van der Waals surface area contributed by atoms with Crippen molar-refractivity contribution in [2.75, 3.05) is 24.5 Å². The van der Waals surface area contributed by atoms with Crippen LogP contribution in [-0.2, 0) is 0 Å². The minimum Gasteiger partial charge on any atom is -0.461 e. The number of carbonyl (C=O) groups is 1. The number of piperazine rings is 1. The minimum atomic E-state index is -0.466. The third-order valence-corrected chi connectivity index (χ3v) is 5.80. The van der Waals surface area contributed by atoms with E-state index in [1.807, 2.05) is 49.1 Å². The van der Waals surface area contributed by atoms with Crippen molar-refractivity contribution >= 4 is 28.9 Å². The molecule has 2 heterocycles. The van der Waals surface area contributed by atoms with Crippen LogP contribution in [0.4, 0.5) is 11.4 Å². The van der Waals surface area contributed by atoms with Gasteiger partial charge in [-0.05, 0) is 26.0 Å². The van der Waals surface area contributed by atoms with Crippen LogP contribution in [0.3, 0.4) is 0 Å². The zero-order valence-corrected chi connectivity index (χ0v) is 18.0. The van der Waals surface area contributed by atoms with Gasteiger partial charge in [0, 0.05) is 43.4 Å². The lowest BCUT2D eigenvalue weighted by Crippen LogP contribution is -2.54. The van der Waals surface area contributed by atoms with E-state index in [-0.39, 0.29) is 17.6 Å². The first-order valence-corrected chi connectivity index (χ1v) is 10.4. The highest BCUT2D eigenvalue weighted by Gasteiger charge is 2.31. The summed E-state index contributed by atoms with van der Waals surface area (Å²) in [7, 11) is 0. The van der Waals surface area contributed by atoms with Gasteiger partial charge < -0.3 is 14.2 Å². The monoisotopic (exact) mass is 439 g/mol. The summed E-state index contributed by atoms with van der Waals surface area (Å²) in [6.45, 7) is 5.47. The molecule has 1 atom stereocenters. The molecular weight excluding hydrogens is 418 g/mol. The Bertz CT molecular complexity index is 1130. The Morgan fingerprint density at radius 3 is 2.55 bits per heavy atom. The molecule has 4 rings (SSSR count). The van der Waals surface area contributed by atoms with E-state index in [1.165, 1.54) is 12.1 Å². The summed E-state index contributed by atoms with van der Waals surface area (Å²) in [6, 6.07) is 15.8. The van der Waals surface area contributed by atoms with Crippen LogP contribution >= 0.6 is 11.6 Å². The largest absolute Gasteiger partial charge is 0.461 e. The maximum atomic E-state index is 13.4. The van der Waals surface area contributed by atoms with E-state index in [0.29, 0.717) is 41.7 Å². The van der Waals surface area contributed by atoms with Crippen molar-refractivity contribution in [1.29, 1.82) is 0 Å². The molecule has 8 heteroatoms. The van der Waals surface area contributed by atoms with Gasteiger partial charge in [-0.25, -0.2) is 0 Å². The highest BCUT2D eigenvalue weighted by Crippen LogP contribution is 2.33. The molecule has 0 saturated carbocycles. The second kappa shape index (κ2) is 8.43. The third kappa shape index (κ3) is 4.14. The average Bonchev–Trinajstić information content (AvgIpc) is 3.15. The van der Waals surface area contributed by atoms with Gasteiger partial charge in [0.15, 0.2) is 0 Å². The first kappa shape index (κ1) is 20.9. The summed E-state index contributed by atoms with van der Waals surface area (Å²) in [6.07, 6.45) is 0. The Hall–Kier alpha value is -3.32. The molecule has 1 aliphatic heterocycles. The van der Waals surface area contributed by atoms with E-state index in [9.17, 15) is 14.9 Å². The molecule has 1 unspecified atom stereocenters. The molecule has 7 nitrogen and oxygen atoms in total. The zero-order valence-electron chi connectivity index (χ0n) is 17.2. The summed E-state index contributed by atoms with van der Waals surface area (Å²) in [4.78, 5) is 27.8. The second-order valence-corrected chi connectivity index (χ2v) is 8.06. The van der Waals surface area contributed by atoms with Crippen molar-refractivity contribution in [3.63, 3.8) is 0 Å². The van der Waals surface area contributed by atoms with Crippen molar-refractivity contribution in [3.05, 3.63) is 81.1 Å². The number of hydrogen-bond donors (Lipinski definition) is 0. The molecule has 1 aliphatic rings. The van der Waals surface area contributed by atoms with Crippen LogP contribution in [0.1, 0.15) is 23.0 Å². The van der Waals surface area contributed by atoms with Gasteiger partial charge in [0.25, 0.3) is 11.6 Å². The number of aryl methyl sites for hydroxylation is 1. The van der Waals surface area contributed by atoms with Crippen LogP contribution in [0, 0.1) is 17.0 Å². The Balaban J connectivity index is 1.54. The maximum absolute atomic E-state index is 13.4. The number of non-ortho nitro benzene ring substituents is 1. The number of benzene rings is 2. The van der Waals surface area contributed by atoms with E-state index in [2.05, 4.69) is 4.90 Å². The molecule has 1 aromatic heterocycles. The van der Waals surface area contributed by atoms with E-state index in [1.54, 1.807) is 12.1 Å². The van der Waals surface area contributed by atoms with Crippen molar-refractivity contribution < 1.29 is 14.1 Å². The minimum absolute atomic E-state index is 0.0422. The molecule has 0 N–H and O–H groups in total. The number of rotatable bonds is 4. The lowest BCUT2D eigenvalue weighted by atomic mass is 10.1. The summed E-state index contributed by atoms with van der Waals surface area (Å²) in [5.74, 6) is 1.19. The number of nitro groups is 1. The fourth-order valence-electron chi connectivity index (χ4n) is 3.98. The summed E-state index contributed by atoms with van der Waals surface area (Å²) in [5, 5.41) is 11.3. The number of furan rings is 1. The van der Waals surface area contributed by atoms with E-state index in [4.69, 9.17) is 16.0 Å². The van der Waals surface area contributed by atoms with Gasteiger partial charge in [0.2, 0.25) is 0 Å². The number of amides is 1. The summed E-state index contributed by atoms with van der Waals surface area (Å²) in [5.41, 5.74) is 2.11. The molecular formula is C23H22ClN3O4. The molecule has 1 fully saturated rings.